The van der Waals surface area contributed by atoms with Gasteiger partial charge in [0.2, 0.25) is 6.23 Å². The van der Waals surface area contributed by atoms with E-state index in [2.05, 4.69) is 86.9 Å². The van der Waals surface area contributed by atoms with Gasteiger partial charge in [-0.3, -0.25) is 9.59 Å². The molecule has 0 spiro atoms. The van der Waals surface area contributed by atoms with Gasteiger partial charge >= 0.3 is 23.9 Å². The van der Waals surface area contributed by atoms with Crippen LogP contribution in [0.2, 0.25) is 0 Å². The molecular weight excluding hydrogens is 1210 g/mol. The number of hydrogen-bond acceptors (Lipinski definition) is 12. The monoisotopic (exact) mass is 1280 g/mol. The molecule has 0 bridgehead atoms. The van der Waals surface area contributed by atoms with Crippen LogP contribution in [0.3, 0.4) is 0 Å². The predicted molar refractivity (Wildman–Crippen MR) is 346 cm³/mol. The standard InChI is InChI=1S/C31H30N2O2.C15H12O3S2.C9H16O3.C8H4F4O2.C8H8O2/c1-31(2,3)23-19-26(25-18-12-11-17-24(25)21-13-7-5-8-14-21)28(34-4)27(20-23)29-32-30(35-33-29)22-15-9-6-10-16-22;1-10(16)11-6-2-4-8-13(11)19-20-14-9-5-3-7-12(14)15(17)18;1-8(10)6-4-2-3-5-7-9(11)12;1-2-3(8(13)14)5(10)7(12)6(11)4(2)9;1-6-4-2-3-5-7(6)8(9)10/h5-20,30H,1-4H3,(H,32,33);2-9H,1H3,(H,17,18);2-7H2,1H3,(H,11,12);1H3,(H,13,14);2-5H,1H3,(H,9,10). The van der Waals surface area contributed by atoms with Crippen LogP contribution < -0.4 is 10.2 Å². The predicted octanol–water partition coefficient (Wildman–Crippen LogP) is 17.6. The lowest BCUT2D eigenvalue weighted by molar-refractivity contribution is -0.137. The Labute approximate surface area is 533 Å². The van der Waals surface area contributed by atoms with Crippen LogP contribution in [0, 0.1) is 37.1 Å². The Morgan fingerprint density at radius 3 is 1.55 bits per heavy atom. The van der Waals surface area contributed by atoms with Crippen LogP contribution in [0.4, 0.5) is 17.6 Å². The average Bonchev–Trinajstić information content (AvgIpc) is 1.82. The summed E-state index contributed by atoms with van der Waals surface area (Å²) < 4.78 is 56.7. The molecule has 1 atom stereocenters. The number of hydrogen-bond donors (Lipinski definition) is 5. The average molecular weight is 1280 g/mol. The molecule has 1 aliphatic heterocycles. The largest absolute Gasteiger partial charge is 0.495 e. The Morgan fingerprint density at radius 1 is 0.549 bits per heavy atom. The highest BCUT2D eigenvalue weighted by Gasteiger charge is 2.29. The van der Waals surface area contributed by atoms with Crippen LogP contribution in [0.5, 0.6) is 5.75 Å². The second kappa shape index (κ2) is 35.1. The number of benzene rings is 8. The molecule has 1 aliphatic rings. The number of halogens is 4. The maximum atomic E-state index is 12.8. The van der Waals surface area contributed by atoms with Gasteiger partial charge in [0.25, 0.3) is 0 Å². The minimum absolute atomic E-state index is 0.000203. The van der Waals surface area contributed by atoms with Gasteiger partial charge < -0.3 is 30.0 Å². The van der Waals surface area contributed by atoms with Crippen LogP contribution in [0.1, 0.15) is 149 Å². The van der Waals surface area contributed by atoms with Gasteiger partial charge in [-0.1, -0.05) is 189 Å². The maximum Gasteiger partial charge on any atom is 0.339 e. The van der Waals surface area contributed by atoms with Crippen LogP contribution in [-0.4, -0.2) is 68.8 Å². The fourth-order valence-corrected chi connectivity index (χ4v) is 11.3. The van der Waals surface area contributed by atoms with E-state index in [1.165, 1.54) is 34.1 Å². The number of unbranched alkanes of at least 4 members (excludes halogenated alkanes) is 3. The highest BCUT2D eigenvalue weighted by molar-refractivity contribution is 8.76. The molecule has 0 aliphatic carbocycles. The van der Waals surface area contributed by atoms with E-state index < -0.39 is 64.5 Å². The summed E-state index contributed by atoms with van der Waals surface area (Å²) in [7, 11) is 4.45. The minimum atomic E-state index is -2.12. The Kier molecular flexibility index (Phi) is 27.9. The number of carbonyl (C=O) groups excluding carboxylic acids is 2. The number of aliphatic imine (C=N–C) groups is 1. The van der Waals surface area contributed by atoms with Gasteiger partial charge in [-0.25, -0.2) is 47.3 Å². The summed E-state index contributed by atoms with van der Waals surface area (Å²) in [5.41, 5.74) is 10.7. The van der Waals surface area contributed by atoms with E-state index in [9.17, 15) is 46.3 Å². The number of methoxy groups -OCH3 is 1. The Balaban J connectivity index is 0.000000227. The van der Waals surface area contributed by atoms with Gasteiger partial charge in [0.15, 0.2) is 34.9 Å². The van der Waals surface area contributed by atoms with Gasteiger partial charge in [-0.15, -0.1) is 0 Å². The molecule has 0 radical (unpaired) electrons. The zero-order chi connectivity index (χ0) is 67.0. The molecule has 0 amide bonds. The number of carboxylic acid groups (broad SMARTS) is 4. The van der Waals surface area contributed by atoms with Crippen molar-refractivity contribution < 1.29 is 76.3 Å². The number of aryl methyl sites for hydroxylation is 1. The number of Topliss-reactive ketones (excluding diaryl/α,β-unsaturated/α-hetero) is 2. The van der Waals surface area contributed by atoms with E-state index in [4.69, 9.17) is 35.0 Å². The third-order valence-electron chi connectivity index (χ3n) is 13.7. The van der Waals surface area contributed by atoms with Crippen molar-refractivity contribution >= 4 is 62.9 Å². The summed E-state index contributed by atoms with van der Waals surface area (Å²) in [6.07, 6.45) is 3.98. The minimum Gasteiger partial charge on any atom is -0.495 e. The van der Waals surface area contributed by atoms with Gasteiger partial charge in [0.1, 0.15) is 17.1 Å². The molecule has 9 rings (SSSR count). The zero-order valence-corrected chi connectivity index (χ0v) is 52.9. The summed E-state index contributed by atoms with van der Waals surface area (Å²) in [6.45, 7) is 12.4. The van der Waals surface area contributed by atoms with E-state index >= 15 is 0 Å². The van der Waals surface area contributed by atoms with E-state index in [0.717, 1.165) is 82.2 Å². The molecule has 91 heavy (non-hydrogen) atoms. The third-order valence-corrected chi connectivity index (χ3v) is 16.2. The summed E-state index contributed by atoms with van der Waals surface area (Å²) in [5.74, 6) is -10.5. The quantitative estimate of drug-likeness (QED) is 0.0127. The number of amidine groups is 1. The van der Waals surface area contributed by atoms with Crippen molar-refractivity contribution in [2.45, 2.75) is 108 Å². The van der Waals surface area contributed by atoms with E-state index in [1.807, 2.05) is 60.7 Å². The van der Waals surface area contributed by atoms with Gasteiger partial charge in [-0.05, 0) is 110 Å². The van der Waals surface area contributed by atoms with Gasteiger partial charge in [0, 0.05) is 44.9 Å². The van der Waals surface area contributed by atoms with Crippen molar-refractivity contribution in [1.29, 1.82) is 0 Å². The number of hydroxylamine groups is 1. The molecule has 0 saturated heterocycles. The third kappa shape index (κ3) is 21.1. The first-order valence-corrected chi connectivity index (χ1v) is 30.7. The summed E-state index contributed by atoms with van der Waals surface area (Å²) in [5, 5.41) is 34.4. The van der Waals surface area contributed by atoms with Crippen molar-refractivity contribution in [3.05, 3.63) is 243 Å². The first kappa shape index (κ1) is 72.4. The normalized spacial score (nSPS) is 12.1. The number of rotatable bonds is 19. The lowest BCUT2D eigenvalue weighted by atomic mass is 9.82. The summed E-state index contributed by atoms with van der Waals surface area (Å²) >= 11 is 0. The van der Waals surface area contributed by atoms with Gasteiger partial charge in [-0.2, -0.15) is 0 Å². The van der Waals surface area contributed by atoms with Gasteiger partial charge in [0.05, 0.1) is 23.8 Å². The number of ether oxygens (including phenoxy) is 1. The molecule has 0 saturated carbocycles. The van der Waals surface area contributed by atoms with Crippen LogP contribution in [-0.2, 0) is 19.8 Å². The van der Waals surface area contributed by atoms with Crippen molar-refractivity contribution in [3.63, 3.8) is 0 Å². The number of aromatic carboxylic acids is 3. The second-order valence-electron chi connectivity index (χ2n) is 21.4. The molecule has 0 aromatic heterocycles. The number of aliphatic carboxylic acids is 1. The molecule has 476 valence electrons. The SMILES string of the molecule is CC(=O)CCCCCCC(=O)O.CC(=O)c1ccccc1SSc1ccccc1C(=O)O.COc1c(C2=NC(c3ccccc3)ON2)cc(C(C)(C)C)cc1-c1ccccc1-c1ccccc1.Cc1c(F)c(F)c(F)c(F)c1C(=O)O.Cc1ccccc1C(=O)O. The lowest BCUT2D eigenvalue weighted by Crippen LogP contribution is -2.21. The second-order valence-corrected chi connectivity index (χ2v) is 23.7. The Hall–Kier alpha value is -9.37. The smallest absolute Gasteiger partial charge is 0.339 e. The number of ketones is 2. The fourth-order valence-electron chi connectivity index (χ4n) is 8.86. The highest BCUT2D eigenvalue weighted by atomic mass is 33.1. The molecule has 8 aromatic rings. The molecule has 5 N–H and O–H groups in total. The van der Waals surface area contributed by atoms with Crippen LogP contribution in [0.15, 0.2) is 185 Å². The van der Waals surface area contributed by atoms with Crippen LogP contribution in [0.25, 0.3) is 22.3 Å². The summed E-state index contributed by atoms with van der Waals surface area (Å²) in [6, 6.07) is 54.4. The first-order valence-electron chi connectivity index (χ1n) is 28.5. The molecule has 14 nitrogen and oxygen atoms in total. The van der Waals surface area contributed by atoms with Crippen molar-refractivity contribution in [2.24, 2.45) is 4.99 Å². The number of nitrogens with zero attached hydrogens (tertiary/aromatic N) is 1. The first-order chi connectivity index (χ1) is 43.3. The topological polar surface area (TPSA) is 226 Å². The number of carbonyl (C=O) groups is 6. The van der Waals surface area contributed by atoms with Crippen molar-refractivity contribution in [1.82, 2.24) is 5.48 Å². The number of carboxylic acids is 4. The lowest BCUT2D eigenvalue weighted by Gasteiger charge is -2.24. The molecule has 8 aromatic carbocycles. The van der Waals surface area contributed by atoms with Crippen molar-refractivity contribution in [2.75, 3.05) is 7.11 Å². The Bertz CT molecular complexity index is 3770. The maximum absolute atomic E-state index is 12.8. The Morgan fingerprint density at radius 2 is 1.03 bits per heavy atom. The fraction of sp³-hybridized carbons (Fsp3) is 0.225. The molecule has 20 heteroatoms. The van der Waals surface area contributed by atoms with E-state index in [1.54, 1.807) is 69.5 Å². The number of nitrogens with one attached hydrogen (secondary N) is 1. The van der Waals surface area contributed by atoms with E-state index in [-0.39, 0.29) is 29.0 Å². The molecule has 1 unspecified atom stereocenters. The zero-order valence-electron chi connectivity index (χ0n) is 51.3. The van der Waals surface area contributed by atoms with Crippen LogP contribution >= 0.6 is 21.6 Å². The summed E-state index contributed by atoms with van der Waals surface area (Å²) in [4.78, 5) is 76.3. The van der Waals surface area contributed by atoms with E-state index in [0.29, 0.717) is 28.3 Å². The molecule has 0 fully saturated rings. The molecular formula is C71H70F4N2O12S2. The molecule has 1 heterocycles. The highest BCUT2D eigenvalue weighted by Crippen LogP contribution is 2.44. The van der Waals surface area contributed by atoms with Crippen molar-refractivity contribution in [3.8, 4) is 28.0 Å².